The first-order chi connectivity index (χ1) is 10.8. The Morgan fingerprint density at radius 3 is 2.77 bits per heavy atom. The van der Waals surface area contributed by atoms with Gasteiger partial charge in [-0.1, -0.05) is 38.0 Å². The molecule has 3 rings (SSSR count). The van der Waals surface area contributed by atoms with Gasteiger partial charge in [-0.15, -0.1) is 0 Å². The summed E-state index contributed by atoms with van der Waals surface area (Å²) < 4.78 is 0. The molecule has 0 atom stereocenters. The predicted octanol–water partition coefficient (Wildman–Crippen LogP) is 4.45. The molecular formula is C19H26N2O. The van der Waals surface area contributed by atoms with E-state index in [2.05, 4.69) is 47.3 Å². The maximum Gasteiger partial charge on any atom is 0.222 e. The topological polar surface area (TPSA) is 36.1 Å². The Labute approximate surface area is 132 Å². The van der Waals surface area contributed by atoms with Gasteiger partial charge in [0.15, 0.2) is 0 Å². The first-order valence-electron chi connectivity index (χ1n) is 8.63. The summed E-state index contributed by atoms with van der Waals surface area (Å²) in [6.45, 7) is 4.00. The lowest BCUT2D eigenvalue weighted by atomic mass is 9.89. The highest BCUT2D eigenvalue weighted by Crippen LogP contribution is 2.33. The Balaban J connectivity index is 1.59. The molecule has 0 spiro atoms. The van der Waals surface area contributed by atoms with Crippen molar-refractivity contribution in [1.82, 2.24) is 9.88 Å². The predicted molar refractivity (Wildman–Crippen MR) is 91.0 cm³/mol. The number of rotatable bonds is 5. The Kier molecular flexibility index (Phi) is 4.81. The van der Waals surface area contributed by atoms with Gasteiger partial charge in [0, 0.05) is 36.6 Å². The number of unbranched alkanes of at least 4 members (excludes halogenated alkanes) is 2. The molecule has 3 heteroatoms. The van der Waals surface area contributed by atoms with Crippen molar-refractivity contribution >= 4 is 16.8 Å². The number of nitrogens with one attached hydrogen (secondary N) is 1. The third kappa shape index (κ3) is 3.18. The number of para-hydroxylation sites is 1. The summed E-state index contributed by atoms with van der Waals surface area (Å²) in [5.74, 6) is 0.932. The van der Waals surface area contributed by atoms with Crippen LogP contribution in [0.5, 0.6) is 0 Å². The van der Waals surface area contributed by atoms with Crippen LogP contribution in [0.2, 0.25) is 0 Å². The SMILES string of the molecule is CCCCCC(=O)N1CCC(c2c[nH]c3ccccc23)CC1. The molecular weight excluding hydrogens is 272 g/mol. The zero-order valence-electron chi connectivity index (χ0n) is 13.5. The third-order valence-corrected chi connectivity index (χ3v) is 4.90. The van der Waals surface area contributed by atoms with E-state index in [1.165, 1.54) is 22.9 Å². The molecule has 1 aromatic carbocycles. The molecule has 1 N–H and O–H groups in total. The monoisotopic (exact) mass is 298 g/mol. The third-order valence-electron chi connectivity index (χ3n) is 4.90. The van der Waals surface area contributed by atoms with E-state index in [1.807, 2.05) is 0 Å². The summed E-state index contributed by atoms with van der Waals surface area (Å²) in [6.07, 6.45) is 8.44. The maximum absolute atomic E-state index is 12.2. The number of carbonyl (C=O) groups is 1. The average Bonchev–Trinajstić information content (AvgIpc) is 2.99. The van der Waals surface area contributed by atoms with Gasteiger partial charge in [0.1, 0.15) is 0 Å². The van der Waals surface area contributed by atoms with Crippen LogP contribution in [-0.2, 0) is 4.79 Å². The van der Waals surface area contributed by atoms with E-state index >= 15 is 0 Å². The Morgan fingerprint density at radius 1 is 1.23 bits per heavy atom. The lowest BCUT2D eigenvalue weighted by Crippen LogP contribution is -2.37. The second-order valence-electron chi connectivity index (χ2n) is 6.40. The van der Waals surface area contributed by atoms with Gasteiger partial charge in [0.05, 0.1) is 0 Å². The fourth-order valence-electron chi connectivity index (χ4n) is 3.56. The van der Waals surface area contributed by atoms with Crippen LogP contribution < -0.4 is 0 Å². The van der Waals surface area contributed by atoms with Crippen molar-refractivity contribution in [3.05, 3.63) is 36.0 Å². The molecule has 0 unspecified atom stereocenters. The average molecular weight is 298 g/mol. The van der Waals surface area contributed by atoms with Gasteiger partial charge in [0.2, 0.25) is 5.91 Å². The number of H-pyrrole nitrogens is 1. The van der Waals surface area contributed by atoms with Crippen molar-refractivity contribution in [2.75, 3.05) is 13.1 Å². The van der Waals surface area contributed by atoms with Gasteiger partial charge >= 0.3 is 0 Å². The molecule has 1 aliphatic rings. The molecule has 1 fully saturated rings. The maximum atomic E-state index is 12.2. The summed E-state index contributed by atoms with van der Waals surface area (Å²) in [4.78, 5) is 17.6. The molecule has 0 bridgehead atoms. The summed E-state index contributed by atoms with van der Waals surface area (Å²) in [5.41, 5.74) is 2.64. The van der Waals surface area contributed by atoms with Crippen LogP contribution in [0.25, 0.3) is 10.9 Å². The van der Waals surface area contributed by atoms with Gasteiger partial charge in [-0.3, -0.25) is 4.79 Å². The number of piperidine rings is 1. The van der Waals surface area contributed by atoms with E-state index in [0.717, 1.165) is 45.2 Å². The second kappa shape index (κ2) is 6.99. The molecule has 1 amide bonds. The number of amides is 1. The lowest BCUT2D eigenvalue weighted by Gasteiger charge is -2.32. The van der Waals surface area contributed by atoms with Crippen LogP contribution in [0.4, 0.5) is 0 Å². The molecule has 0 saturated carbocycles. The number of carbonyl (C=O) groups excluding carboxylic acids is 1. The number of fused-ring (bicyclic) bond motifs is 1. The van der Waals surface area contributed by atoms with Crippen LogP contribution in [-0.4, -0.2) is 28.9 Å². The van der Waals surface area contributed by atoms with Gasteiger partial charge in [-0.25, -0.2) is 0 Å². The van der Waals surface area contributed by atoms with E-state index in [1.54, 1.807) is 0 Å². The standard InChI is InChI=1S/C19H26N2O/c1-2-3-4-9-19(22)21-12-10-15(11-13-21)17-14-20-18-8-6-5-7-16(17)18/h5-8,14-15,20H,2-4,9-13H2,1H3. The number of aromatic amines is 1. The molecule has 0 aliphatic carbocycles. The minimum Gasteiger partial charge on any atom is -0.361 e. The van der Waals surface area contributed by atoms with E-state index in [0.29, 0.717) is 11.8 Å². The Hall–Kier alpha value is -1.77. The van der Waals surface area contributed by atoms with E-state index in [9.17, 15) is 4.79 Å². The highest BCUT2D eigenvalue weighted by molar-refractivity contribution is 5.83. The zero-order chi connectivity index (χ0) is 15.4. The van der Waals surface area contributed by atoms with Crippen molar-refractivity contribution < 1.29 is 4.79 Å². The fourth-order valence-corrected chi connectivity index (χ4v) is 3.56. The molecule has 118 valence electrons. The Bertz CT molecular complexity index is 623. The number of likely N-dealkylation sites (tertiary alicyclic amines) is 1. The smallest absolute Gasteiger partial charge is 0.222 e. The van der Waals surface area contributed by atoms with E-state index in [-0.39, 0.29) is 0 Å². The lowest BCUT2D eigenvalue weighted by molar-refractivity contribution is -0.132. The highest BCUT2D eigenvalue weighted by atomic mass is 16.2. The van der Waals surface area contributed by atoms with Crippen LogP contribution >= 0.6 is 0 Å². The highest BCUT2D eigenvalue weighted by Gasteiger charge is 2.24. The second-order valence-corrected chi connectivity index (χ2v) is 6.40. The normalized spacial score (nSPS) is 16.3. The van der Waals surface area contributed by atoms with E-state index in [4.69, 9.17) is 0 Å². The van der Waals surface area contributed by atoms with Crippen molar-refractivity contribution in [2.45, 2.75) is 51.4 Å². The number of aromatic nitrogens is 1. The van der Waals surface area contributed by atoms with Crippen molar-refractivity contribution in [2.24, 2.45) is 0 Å². The van der Waals surface area contributed by atoms with E-state index < -0.39 is 0 Å². The van der Waals surface area contributed by atoms with Crippen molar-refractivity contribution in [1.29, 1.82) is 0 Å². The van der Waals surface area contributed by atoms with Crippen molar-refractivity contribution in [3.63, 3.8) is 0 Å². The molecule has 3 nitrogen and oxygen atoms in total. The van der Waals surface area contributed by atoms with Crippen LogP contribution in [0.3, 0.4) is 0 Å². The number of nitrogens with zero attached hydrogens (tertiary/aromatic N) is 1. The minimum absolute atomic E-state index is 0.353. The van der Waals surface area contributed by atoms with Crippen LogP contribution in [0, 0.1) is 0 Å². The minimum atomic E-state index is 0.353. The molecule has 1 aromatic heterocycles. The zero-order valence-corrected chi connectivity index (χ0v) is 13.5. The largest absolute Gasteiger partial charge is 0.361 e. The number of benzene rings is 1. The summed E-state index contributed by atoms with van der Waals surface area (Å²) in [5, 5.41) is 1.34. The molecule has 22 heavy (non-hydrogen) atoms. The molecule has 0 radical (unpaired) electrons. The molecule has 1 aliphatic heterocycles. The number of hydrogen-bond acceptors (Lipinski definition) is 1. The molecule has 1 saturated heterocycles. The Morgan fingerprint density at radius 2 is 2.00 bits per heavy atom. The van der Waals surface area contributed by atoms with Gasteiger partial charge < -0.3 is 9.88 Å². The fraction of sp³-hybridized carbons (Fsp3) is 0.526. The van der Waals surface area contributed by atoms with Crippen molar-refractivity contribution in [3.8, 4) is 0 Å². The molecule has 2 aromatic rings. The first kappa shape index (κ1) is 15.1. The van der Waals surface area contributed by atoms with Crippen LogP contribution in [0.1, 0.15) is 56.9 Å². The van der Waals surface area contributed by atoms with Crippen LogP contribution in [0.15, 0.2) is 30.5 Å². The summed E-state index contributed by atoms with van der Waals surface area (Å²) in [7, 11) is 0. The van der Waals surface area contributed by atoms with Gasteiger partial charge in [-0.2, -0.15) is 0 Å². The number of hydrogen-bond donors (Lipinski definition) is 1. The summed E-state index contributed by atoms with van der Waals surface area (Å²) in [6, 6.07) is 8.50. The molecule has 2 heterocycles. The summed E-state index contributed by atoms with van der Waals surface area (Å²) >= 11 is 0. The quantitative estimate of drug-likeness (QED) is 0.813. The van der Waals surface area contributed by atoms with Gasteiger partial charge in [0.25, 0.3) is 0 Å². The first-order valence-corrected chi connectivity index (χ1v) is 8.63. The van der Waals surface area contributed by atoms with Gasteiger partial charge in [-0.05, 0) is 36.8 Å².